The van der Waals surface area contributed by atoms with Crippen molar-refractivity contribution >= 4 is 23.6 Å². The van der Waals surface area contributed by atoms with Crippen molar-refractivity contribution in [2.45, 2.75) is 0 Å². The summed E-state index contributed by atoms with van der Waals surface area (Å²) in [4.78, 5) is 10.5. The van der Waals surface area contributed by atoms with Gasteiger partial charge < -0.3 is 5.73 Å². The van der Waals surface area contributed by atoms with Crippen LogP contribution < -0.4 is 5.73 Å². The minimum absolute atomic E-state index is 0.0428. The van der Waals surface area contributed by atoms with E-state index in [1.807, 2.05) is 30.3 Å². The van der Waals surface area contributed by atoms with Gasteiger partial charge in [-0.1, -0.05) is 41.9 Å². The van der Waals surface area contributed by atoms with E-state index in [1.54, 1.807) is 0 Å². The number of carbonyl (C=O) groups excluding carboxylic acids is 1. The molecule has 3 heteroatoms. The zero-order chi connectivity index (χ0) is 8.97. The van der Waals surface area contributed by atoms with Gasteiger partial charge in [0.1, 0.15) is 5.03 Å². The van der Waals surface area contributed by atoms with Gasteiger partial charge in [0.05, 0.1) is 0 Å². The maximum absolute atomic E-state index is 10.5. The second-order valence-electron chi connectivity index (χ2n) is 2.27. The maximum atomic E-state index is 10.5. The Hall–Kier alpha value is -1.28. The monoisotopic (exact) mass is 181 g/mol. The number of amides is 1. The predicted octanol–water partition coefficient (Wildman–Crippen LogP) is 1.75. The first-order chi connectivity index (χ1) is 5.70. The zero-order valence-electron chi connectivity index (χ0n) is 6.33. The fourth-order valence-corrected chi connectivity index (χ4v) is 0.893. The molecule has 0 bridgehead atoms. The Bertz CT molecular complexity index is 306. The van der Waals surface area contributed by atoms with E-state index in [0.717, 1.165) is 5.56 Å². The molecule has 0 fully saturated rings. The smallest absolute Gasteiger partial charge is 0.260 e. The third-order valence-electron chi connectivity index (χ3n) is 1.33. The van der Waals surface area contributed by atoms with Crippen LogP contribution >= 0.6 is 11.6 Å². The first-order valence-corrected chi connectivity index (χ1v) is 3.80. The summed E-state index contributed by atoms with van der Waals surface area (Å²) < 4.78 is 0. The molecule has 12 heavy (non-hydrogen) atoms. The van der Waals surface area contributed by atoms with Crippen LogP contribution in [0.3, 0.4) is 0 Å². The van der Waals surface area contributed by atoms with Crippen LogP contribution in [0.15, 0.2) is 35.4 Å². The normalized spacial score (nSPS) is 11.2. The van der Waals surface area contributed by atoms with Crippen molar-refractivity contribution in [1.29, 1.82) is 0 Å². The molecular formula is C9H8ClNO. The molecule has 0 saturated heterocycles. The number of nitrogens with two attached hydrogens (primary N) is 1. The lowest BCUT2D eigenvalue weighted by molar-refractivity contribution is -0.113. The molecule has 2 nitrogen and oxygen atoms in total. The fourth-order valence-electron chi connectivity index (χ4n) is 0.767. The van der Waals surface area contributed by atoms with Crippen LogP contribution in [0.25, 0.3) is 6.08 Å². The lowest BCUT2D eigenvalue weighted by atomic mass is 10.2. The molecule has 0 aliphatic rings. The topological polar surface area (TPSA) is 43.1 Å². The Kier molecular flexibility index (Phi) is 2.88. The van der Waals surface area contributed by atoms with E-state index in [9.17, 15) is 4.79 Å². The third-order valence-corrected chi connectivity index (χ3v) is 1.62. The van der Waals surface area contributed by atoms with Gasteiger partial charge in [0.15, 0.2) is 0 Å². The third kappa shape index (κ3) is 2.40. The van der Waals surface area contributed by atoms with Crippen molar-refractivity contribution in [3.63, 3.8) is 0 Å². The largest absolute Gasteiger partial charge is 0.365 e. The van der Waals surface area contributed by atoms with Gasteiger partial charge in [0.2, 0.25) is 0 Å². The molecule has 1 amide bonds. The van der Waals surface area contributed by atoms with Gasteiger partial charge in [0, 0.05) is 0 Å². The van der Waals surface area contributed by atoms with Crippen molar-refractivity contribution in [2.24, 2.45) is 5.73 Å². The van der Waals surface area contributed by atoms with Crippen LogP contribution in [0.4, 0.5) is 0 Å². The van der Waals surface area contributed by atoms with Crippen molar-refractivity contribution in [2.75, 3.05) is 0 Å². The molecular weight excluding hydrogens is 174 g/mol. The summed E-state index contributed by atoms with van der Waals surface area (Å²) in [6.07, 6.45) is 1.53. The molecule has 0 unspecified atom stereocenters. The molecule has 0 aliphatic carbocycles. The highest BCUT2D eigenvalue weighted by atomic mass is 35.5. The highest BCUT2D eigenvalue weighted by Crippen LogP contribution is 2.08. The van der Waals surface area contributed by atoms with E-state index < -0.39 is 5.91 Å². The number of halogens is 1. The number of carbonyl (C=O) groups is 1. The highest BCUT2D eigenvalue weighted by Gasteiger charge is 1.98. The van der Waals surface area contributed by atoms with Crippen LogP contribution in [0.5, 0.6) is 0 Å². The summed E-state index contributed by atoms with van der Waals surface area (Å²) in [7, 11) is 0. The molecule has 1 aromatic rings. The SMILES string of the molecule is NC(=O)C(Cl)=Cc1ccccc1. The van der Waals surface area contributed by atoms with E-state index in [4.69, 9.17) is 17.3 Å². The standard InChI is InChI=1S/C9H8ClNO/c10-8(9(11)12)6-7-4-2-1-3-5-7/h1-6H,(H2,11,12). The quantitative estimate of drug-likeness (QED) is 0.695. The summed E-state index contributed by atoms with van der Waals surface area (Å²) in [5.74, 6) is -0.611. The van der Waals surface area contributed by atoms with Gasteiger partial charge in [-0.3, -0.25) is 4.79 Å². The lowest BCUT2D eigenvalue weighted by Gasteiger charge is -1.92. The molecule has 0 aliphatic heterocycles. The molecule has 0 atom stereocenters. The van der Waals surface area contributed by atoms with Crippen LogP contribution in [0, 0.1) is 0 Å². The van der Waals surface area contributed by atoms with E-state index in [2.05, 4.69) is 0 Å². The minimum atomic E-state index is -0.611. The van der Waals surface area contributed by atoms with Crippen molar-refractivity contribution in [3.8, 4) is 0 Å². The zero-order valence-corrected chi connectivity index (χ0v) is 7.08. The summed E-state index contributed by atoms with van der Waals surface area (Å²) in [5.41, 5.74) is 5.81. The molecule has 1 rings (SSSR count). The van der Waals surface area contributed by atoms with Crippen LogP contribution in [-0.4, -0.2) is 5.91 Å². The Morgan fingerprint density at radius 2 is 1.92 bits per heavy atom. The molecule has 0 spiro atoms. The molecule has 1 aromatic carbocycles. The molecule has 0 aromatic heterocycles. The second kappa shape index (κ2) is 3.93. The first kappa shape index (κ1) is 8.81. The molecule has 2 N–H and O–H groups in total. The Morgan fingerprint density at radius 1 is 1.33 bits per heavy atom. The Morgan fingerprint density at radius 3 is 2.42 bits per heavy atom. The Balaban J connectivity index is 2.89. The van der Waals surface area contributed by atoms with Gasteiger partial charge in [-0.05, 0) is 11.6 Å². The number of rotatable bonds is 2. The van der Waals surface area contributed by atoms with Gasteiger partial charge in [-0.25, -0.2) is 0 Å². The van der Waals surface area contributed by atoms with Crippen LogP contribution in [-0.2, 0) is 4.79 Å². The number of hydrogen-bond acceptors (Lipinski definition) is 1. The van der Waals surface area contributed by atoms with Gasteiger partial charge in [0.25, 0.3) is 5.91 Å². The number of hydrogen-bond donors (Lipinski definition) is 1. The number of primary amides is 1. The molecule has 62 valence electrons. The minimum Gasteiger partial charge on any atom is -0.365 e. The average Bonchev–Trinajstić information content (AvgIpc) is 2.06. The highest BCUT2D eigenvalue weighted by molar-refractivity contribution is 6.43. The summed E-state index contributed by atoms with van der Waals surface area (Å²) in [6, 6.07) is 9.28. The fraction of sp³-hybridized carbons (Fsp3) is 0. The molecule has 0 radical (unpaired) electrons. The van der Waals surface area contributed by atoms with E-state index in [1.165, 1.54) is 6.08 Å². The van der Waals surface area contributed by atoms with Gasteiger partial charge >= 0.3 is 0 Å². The van der Waals surface area contributed by atoms with Crippen molar-refractivity contribution in [1.82, 2.24) is 0 Å². The van der Waals surface area contributed by atoms with Gasteiger partial charge in [-0.15, -0.1) is 0 Å². The average molecular weight is 182 g/mol. The van der Waals surface area contributed by atoms with E-state index in [0.29, 0.717) is 0 Å². The second-order valence-corrected chi connectivity index (χ2v) is 2.67. The first-order valence-electron chi connectivity index (χ1n) is 3.42. The Labute approximate surface area is 75.6 Å². The van der Waals surface area contributed by atoms with Crippen molar-refractivity contribution in [3.05, 3.63) is 40.9 Å². The summed E-state index contributed by atoms with van der Waals surface area (Å²) >= 11 is 5.54. The van der Waals surface area contributed by atoms with E-state index in [-0.39, 0.29) is 5.03 Å². The lowest BCUT2D eigenvalue weighted by Crippen LogP contribution is -2.09. The van der Waals surface area contributed by atoms with Gasteiger partial charge in [-0.2, -0.15) is 0 Å². The van der Waals surface area contributed by atoms with E-state index >= 15 is 0 Å². The predicted molar refractivity (Wildman–Crippen MR) is 49.5 cm³/mol. The number of benzene rings is 1. The van der Waals surface area contributed by atoms with Crippen LogP contribution in [0.1, 0.15) is 5.56 Å². The van der Waals surface area contributed by atoms with Crippen molar-refractivity contribution < 1.29 is 4.79 Å². The molecule has 0 saturated carbocycles. The van der Waals surface area contributed by atoms with Crippen LogP contribution in [0.2, 0.25) is 0 Å². The summed E-state index contributed by atoms with van der Waals surface area (Å²) in [5, 5.41) is 0.0428. The summed E-state index contributed by atoms with van der Waals surface area (Å²) in [6.45, 7) is 0. The molecule has 0 heterocycles. The maximum Gasteiger partial charge on any atom is 0.260 e.